The van der Waals surface area contributed by atoms with Crippen LogP contribution in [0, 0.1) is 11.3 Å². The van der Waals surface area contributed by atoms with Crippen molar-refractivity contribution in [1.82, 2.24) is 9.88 Å². The summed E-state index contributed by atoms with van der Waals surface area (Å²) in [5, 5.41) is 11.1. The zero-order valence-electron chi connectivity index (χ0n) is 18.2. The Labute approximate surface area is 194 Å². The lowest BCUT2D eigenvalue weighted by molar-refractivity contribution is -0.130. The van der Waals surface area contributed by atoms with Crippen LogP contribution in [0.5, 0.6) is 0 Å². The smallest absolute Gasteiger partial charge is 0.270 e. The number of carbonyl (C=O) groups is 1. The first kappa shape index (κ1) is 22.6. The van der Waals surface area contributed by atoms with Crippen molar-refractivity contribution in [3.05, 3.63) is 75.7 Å². The number of aromatic nitrogens is 1. The second-order valence-electron chi connectivity index (χ2n) is 8.23. The number of thiophene rings is 1. The summed E-state index contributed by atoms with van der Waals surface area (Å²) in [5.74, 6) is -3.93. The number of pyridine rings is 1. The number of nitrogens with two attached hydrogens (primary N) is 1. The fraction of sp³-hybridized carbons (Fsp3) is 0.250. The van der Waals surface area contributed by atoms with Gasteiger partial charge in [-0.1, -0.05) is 24.3 Å². The van der Waals surface area contributed by atoms with Gasteiger partial charge < -0.3 is 5.73 Å². The molecule has 1 aromatic carbocycles. The molecule has 4 rings (SSSR count). The number of rotatable bonds is 4. The van der Waals surface area contributed by atoms with Gasteiger partial charge in [-0.2, -0.15) is 5.26 Å². The molecule has 0 saturated heterocycles. The monoisotopic (exact) mass is 465 g/mol. The first-order chi connectivity index (χ1) is 15.5. The first-order valence-electron chi connectivity index (χ1n) is 10.1. The van der Waals surface area contributed by atoms with Crippen LogP contribution in [0.15, 0.2) is 59.2 Å². The average Bonchev–Trinajstić information content (AvgIpc) is 3.29. The van der Waals surface area contributed by atoms with Gasteiger partial charge in [0.15, 0.2) is 5.96 Å². The van der Waals surface area contributed by atoms with E-state index >= 15 is 0 Å². The molecule has 0 unspecified atom stereocenters. The molecule has 3 aromatic rings. The van der Waals surface area contributed by atoms with Gasteiger partial charge in [0.1, 0.15) is 11.6 Å². The van der Waals surface area contributed by atoms with Crippen LogP contribution >= 0.6 is 11.3 Å². The zero-order chi connectivity index (χ0) is 24.0. The lowest BCUT2D eigenvalue weighted by Crippen LogP contribution is -2.52. The van der Waals surface area contributed by atoms with Crippen LogP contribution in [-0.2, 0) is 16.3 Å². The number of alkyl halides is 2. The maximum absolute atomic E-state index is 13.7. The molecule has 1 aliphatic rings. The highest BCUT2D eigenvalue weighted by atomic mass is 32.1. The van der Waals surface area contributed by atoms with E-state index in [1.165, 1.54) is 34.6 Å². The number of likely N-dealkylation sites (N-methyl/N-ethyl adjacent to an activating group) is 1. The first-order valence-corrected chi connectivity index (χ1v) is 11.0. The van der Waals surface area contributed by atoms with Crippen LogP contribution in [0.3, 0.4) is 0 Å². The highest BCUT2D eigenvalue weighted by molar-refractivity contribution is 7.10. The summed E-state index contributed by atoms with van der Waals surface area (Å²) in [6.45, 7) is 2.65. The molecule has 9 heteroatoms. The molecule has 6 nitrogen and oxygen atoms in total. The third-order valence-corrected chi connectivity index (χ3v) is 7.04. The summed E-state index contributed by atoms with van der Waals surface area (Å²) < 4.78 is 27.4. The summed E-state index contributed by atoms with van der Waals surface area (Å²) in [7, 11) is 1.54. The average molecular weight is 466 g/mol. The molecule has 0 bridgehead atoms. The summed E-state index contributed by atoms with van der Waals surface area (Å²) in [5.41, 5.74) is 7.51. The Balaban J connectivity index is 1.81. The summed E-state index contributed by atoms with van der Waals surface area (Å²) >= 11 is 1.41. The molecule has 0 spiro atoms. The third-order valence-electron chi connectivity index (χ3n) is 5.88. The number of carbonyl (C=O) groups excluding carboxylic acids is 1. The van der Waals surface area contributed by atoms with Crippen molar-refractivity contribution in [2.45, 2.75) is 31.2 Å². The van der Waals surface area contributed by atoms with E-state index in [9.17, 15) is 13.6 Å². The van der Waals surface area contributed by atoms with Crippen LogP contribution in [0.1, 0.15) is 41.3 Å². The second-order valence-corrected chi connectivity index (χ2v) is 9.14. The lowest BCUT2D eigenvalue weighted by Gasteiger charge is -2.40. The summed E-state index contributed by atoms with van der Waals surface area (Å²) in [6, 6.07) is 11.5. The number of nitriles is 1. The van der Waals surface area contributed by atoms with Gasteiger partial charge in [-0.15, -0.1) is 11.3 Å². The Hall–Kier alpha value is -3.64. The van der Waals surface area contributed by atoms with Gasteiger partial charge in [-0.3, -0.25) is 14.7 Å². The Kier molecular flexibility index (Phi) is 5.50. The molecular weight excluding hydrogens is 444 g/mol. The lowest BCUT2D eigenvalue weighted by atomic mass is 9.77. The Morgan fingerprint density at radius 1 is 1.21 bits per heavy atom. The number of nitrogens with zero attached hydrogens (tertiary/aromatic N) is 4. The van der Waals surface area contributed by atoms with Crippen LogP contribution in [0.25, 0.3) is 11.1 Å². The van der Waals surface area contributed by atoms with Gasteiger partial charge in [0, 0.05) is 42.4 Å². The number of benzene rings is 1. The molecule has 0 saturated carbocycles. The molecule has 3 heterocycles. The molecule has 0 radical (unpaired) electrons. The van der Waals surface area contributed by atoms with Gasteiger partial charge >= 0.3 is 0 Å². The number of guanidine groups is 1. The minimum absolute atomic E-state index is 0.0820. The van der Waals surface area contributed by atoms with Crippen molar-refractivity contribution in [3.63, 3.8) is 0 Å². The van der Waals surface area contributed by atoms with E-state index in [1.54, 1.807) is 31.4 Å². The van der Waals surface area contributed by atoms with Crippen LogP contribution in [0.2, 0.25) is 0 Å². The molecule has 2 aromatic heterocycles. The van der Waals surface area contributed by atoms with Gasteiger partial charge in [-0.05, 0) is 35.6 Å². The number of hydrogen-bond acceptors (Lipinski definition) is 6. The quantitative estimate of drug-likeness (QED) is 0.610. The highest BCUT2D eigenvalue weighted by Crippen LogP contribution is 2.47. The summed E-state index contributed by atoms with van der Waals surface area (Å²) in [4.78, 5) is 24.2. The van der Waals surface area contributed by atoms with E-state index in [1.807, 2.05) is 18.4 Å². The third kappa shape index (κ3) is 3.98. The van der Waals surface area contributed by atoms with Crippen LogP contribution in [0.4, 0.5) is 8.78 Å². The van der Waals surface area contributed by atoms with Gasteiger partial charge in [-0.25, -0.2) is 13.8 Å². The van der Waals surface area contributed by atoms with E-state index in [0.29, 0.717) is 11.1 Å². The zero-order valence-corrected chi connectivity index (χ0v) is 19.0. The van der Waals surface area contributed by atoms with Crippen molar-refractivity contribution in [1.29, 1.82) is 5.26 Å². The fourth-order valence-electron chi connectivity index (χ4n) is 3.97. The second kappa shape index (κ2) is 8.05. The molecular formula is C24H21F2N5OS. The molecule has 0 aliphatic carbocycles. The number of amides is 1. The maximum Gasteiger partial charge on any atom is 0.270 e. The van der Waals surface area contributed by atoms with Crippen molar-refractivity contribution in [2.75, 3.05) is 7.05 Å². The van der Waals surface area contributed by atoms with E-state index in [4.69, 9.17) is 11.0 Å². The predicted molar refractivity (Wildman–Crippen MR) is 123 cm³/mol. The Bertz CT molecular complexity index is 1290. The normalized spacial score (nSPS) is 21.0. The fourth-order valence-corrected chi connectivity index (χ4v) is 5.02. The van der Waals surface area contributed by atoms with Gasteiger partial charge in [0.25, 0.3) is 5.92 Å². The van der Waals surface area contributed by atoms with Crippen LogP contribution < -0.4 is 5.73 Å². The van der Waals surface area contributed by atoms with Crippen molar-refractivity contribution in [2.24, 2.45) is 10.7 Å². The van der Waals surface area contributed by atoms with Crippen molar-refractivity contribution in [3.8, 4) is 17.2 Å². The van der Waals surface area contributed by atoms with Crippen molar-refractivity contribution < 1.29 is 13.6 Å². The minimum atomic E-state index is -2.98. The highest BCUT2D eigenvalue weighted by Gasteiger charge is 2.48. The number of aliphatic imine (C=N–C) groups is 1. The number of halogens is 2. The molecule has 1 amide bonds. The standard InChI is InChI=1S/C24H21F2N5OS/c1-23(19-9-17(13-33-19)16-8-14(10-27)11-29-12-16)20(21(32)31(3)22(28)30-23)15-4-6-18(7-5-15)24(2,25)26/h4-9,11-13,20H,1-3H3,(H2,28,30)/t20-,23+/m0/s1. The number of hydrogen-bond donors (Lipinski definition) is 1. The topological polar surface area (TPSA) is 95.4 Å². The molecule has 0 fully saturated rings. The van der Waals surface area contributed by atoms with E-state index in [0.717, 1.165) is 22.9 Å². The predicted octanol–water partition coefficient (Wildman–Crippen LogP) is 4.58. The summed E-state index contributed by atoms with van der Waals surface area (Å²) in [6.07, 6.45) is 3.14. The SMILES string of the molecule is CN1C(=O)[C@H](c2ccc(C(C)(F)F)cc2)[C@@](C)(c2cc(-c3cncc(C#N)c3)cs2)N=C1N. The molecule has 2 N–H and O–H groups in total. The van der Waals surface area contributed by atoms with E-state index in [2.05, 4.69) is 16.0 Å². The Morgan fingerprint density at radius 3 is 2.55 bits per heavy atom. The molecule has 33 heavy (non-hydrogen) atoms. The maximum atomic E-state index is 13.7. The molecule has 2 atom stereocenters. The molecule has 168 valence electrons. The van der Waals surface area contributed by atoms with E-state index in [-0.39, 0.29) is 17.4 Å². The van der Waals surface area contributed by atoms with Gasteiger partial charge in [0.05, 0.1) is 11.5 Å². The Morgan fingerprint density at radius 2 is 1.91 bits per heavy atom. The van der Waals surface area contributed by atoms with Gasteiger partial charge in [0.2, 0.25) is 5.91 Å². The largest absolute Gasteiger partial charge is 0.369 e. The van der Waals surface area contributed by atoms with Crippen molar-refractivity contribution >= 4 is 23.2 Å². The minimum Gasteiger partial charge on any atom is -0.369 e. The molecule has 1 aliphatic heterocycles. The van der Waals surface area contributed by atoms with E-state index < -0.39 is 17.4 Å². The van der Waals surface area contributed by atoms with Crippen LogP contribution in [-0.4, -0.2) is 28.8 Å².